The van der Waals surface area contributed by atoms with Crippen LogP contribution in [0.1, 0.15) is 30.1 Å². The van der Waals surface area contributed by atoms with Crippen LogP contribution >= 0.6 is 0 Å². The molecule has 1 heterocycles. The summed E-state index contributed by atoms with van der Waals surface area (Å²) < 4.78 is 44.8. The van der Waals surface area contributed by atoms with E-state index in [-0.39, 0.29) is 30.2 Å². The number of esters is 1. The highest BCUT2D eigenvalue weighted by Crippen LogP contribution is 2.23. The number of ether oxygens (including phenoxy) is 1. The van der Waals surface area contributed by atoms with Gasteiger partial charge in [0.1, 0.15) is 0 Å². The average Bonchev–Trinajstić information content (AvgIpc) is 3.06. The zero-order valence-electron chi connectivity index (χ0n) is 15.6. The molecule has 0 radical (unpaired) electrons. The van der Waals surface area contributed by atoms with E-state index in [9.17, 15) is 32.3 Å². The maximum atomic E-state index is 13.6. The van der Waals surface area contributed by atoms with E-state index in [1.165, 1.54) is 31.2 Å². The van der Waals surface area contributed by atoms with Gasteiger partial charge in [-0.05, 0) is 43.3 Å². The summed E-state index contributed by atoms with van der Waals surface area (Å²) in [5.41, 5.74) is -0.263. The highest BCUT2D eigenvalue weighted by atomic mass is 19.2. The molecule has 1 fully saturated rings. The van der Waals surface area contributed by atoms with E-state index < -0.39 is 41.1 Å². The standard InChI is InChI=1S/C20H15F3N2O5/c1-10(19(28)24-14-7-6-13(21)17(22)18(14)23)30-20(29)11-2-4-12(5-3-11)25-15(26)8-9-16(25)27/h2-7,10H,8-9H2,1H3,(H,24,28)/t10-/m0/s1. The first-order valence-corrected chi connectivity index (χ1v) is 8.80. The highest BCUT2D eigenvalue weighted by molar-refractivity contribution is 6.19. The molecule has 3 amide bonds. The SMILES string of the molecule is C[C@H](OC(=O)c1ccc(N2C(=O)CCC2=O)cc1)C(=O)Nc1ccc(F)c(F)c1F. The Morgan fingerprint density at radius 1 is 0.967 bits per heavy atom. The Balaban J connectivity index is 1.64. The molecule has 2 aromatic carbocycles. The van der Waals surface area contributed by atoms with Crippen molar-refractivity contribution < 1.29 is 37.1 Å². The largest absolute Gasteiger partial charge is 0.449 e. The lowest BCUT2D eigenvalue weighted by Crippen LogP contribution is -2.30. The van der Waals surface area contributed by atoms with Crippen molar-refractivity contribution in [2.45, 2.75) is 25.9 Å². The Labute approximate surface area is 168 Å². The second-order valence-corrected chi connectivity index (χ2v) is 6.43. The minimum absolute atomic E-state index is 0.0384. The lowest BCUT2D eigenvalue weighted by atomic mass is 10.2. The molecule has 156 valence electrons. The Kier molecular flexibility index (Phi) is 5.86. The Morgan fingerprint density at radius 2 is 1.57 bits per heavy atom. The molecule has 1 aliphatic heterocycles. The minimum Gasteiger partial charge on any atom is -0.449 e. The van der Waals surface area contributed by atoms with E-state index in [0.29, 0.717) is 11.8 Å². The minimum atomic E-state index is -1.74. The van der Waals surface area contributed by atoms with Gasteiger partial charge in [0.15, 0.2) is 23.6 Å². The fraction of sp³-hybridized carbons (Fsp3) is 0.200. The van der Waals surface area contributed by atoms with Crippen molar-refractivity contribution >= 4 is 35.1 Å². The van der Waals surface area contributed by atoms with Gasteiger partial charge in [0.2, 0.25) is 11.8 Å². The van der Waals surface area contributed by atoms with Crippen LogP contribution in [0.3, 0.4) is 0 Å². The highest BCUT2D eigenvalue weighted by Gasteiger charge is 2.30. The molecular weight excluding hydrogens is 405 g/mol. The van der Waals surface area contributed by atoms with Crippen LogP contribution in [0, 0.1) is 17.5 Å². The molecule has 10 heteroatoms. The molecule has 1 atom stereocenters. The zero-order valence-corrected chi connectivity index (χ0v) is 15.6. The van der Waals surface area contributed by atoms with E-state index in [0.717, 1.165) is 11.0 Å². The van der Waals surface area contributed by atoms with E-state index >= 15 is 0 Å². The monoisotopic (exact) mass is 420 g/mol. The van der Waals surface area contributed by atoms with Crippen LogP contribution < -0.4 is 10.2 Å². The van der Waals surface area contributed by atoms with Crippen molar-refractivity contribution in [2.75, 3.05) is 10.2 Å². The third-order valence-electron chi connectivity index (χ3n) is 4.36. The second kappa shape index (κ2) is 8.36. The molecule has 1 aliphatic rings. The summed E-state index contributed by atoms with van der Waals surface area (Å²) in [7, 11) is 0. The topological polar surface area (TPSA) is 92.8 Å². The first-order chi connectivity index (χ1) is 14.2. The summed E-state index contributed by atoms with van der Waals surface area (Å²) in [5, 5.41) is 2.01. The third kappa shape index (κ3) is 4.17. The van der Waals surface area contributed by atoms with Crippen LogP contribution in [0.4, 0.5) is 24.5 Å². The summed E-state index contributed by atoms with van der Waals surface area (Å²) in [6.45, 7) is 1.21. The van der Waals surface area contributed by atoms with Gasteiger partial charge in [0.05, 0.1) is 16.9 Å². The lowest BCUT2D eigenvalue weighted by Gasteiger charge is -2.16. The van der Waals surface area contributed by atoms with Gasteiger partial charge >= 0.3 is 5.97 Å². The molecule has 2 aromatic rings. The summed E-state index contributed by atoms with van der Waals surface area (Å²) in [6, 6.07) is 6.88. The van der Waals surface area contributed by atoms with Gasteiger partial charge in [-0.25, -0.2) is 18.0 Å². The maximum Gasteiger partial charge on any atom is 0.338 e. The molecule has 1 saturated heterocycles. The number of nitrogens with zero attached hydrogens (tertiary/aromatic N) is 1. The Bertz CT molecular complexity index is 1020. The molecule has 0 bridgehead atoms. The number of amides is 3. The summed E-state index contributed by atoms with van der Waals surface area (Å²) in [5.74, 6) is -7.27. The first kappa shape index (κ1) is 21.0. The number of hydrogen-bond acceptors (Lipinski definition) is 5. The van der Waals surface area contributed by atoms with E-state index in [2.05, 4.69) is 0 Å². The third-order valence-corrected chi connectivity index (χ3v) is 4.36. The van der Waals surface area contributed by atoms with Crippen LogP contribution in [-0.4, -0.2) is 29.8 Å². The molecule has 0 saturated carbocycles. The fourth-order valence-corrected chi connectivity index (χ4v) is 2.75. The van der Waals surface area contributed by atoms with Gasteiger partial charge in [-0.2, -0.15) is 0 Å². The van der Waals surface area contributed by atoms with Crippen LogP contribution in [-0.2, 0) is 19.1 Å². The predicted octanol–water partition coefficient (Wildman–Crippen LogP) is 2.94. The smallest absolute Gasteiger partial charge is 0.338 e. The van der Waals surface area contributed by atoms with E-state index in [1.807, 2.05) is 5.32 Å². The number of benzene rings is 2. The van der Waals surface area contributed by atoms with Crippen molar-refractivity contribution in [1.29, 1.82) is 0 Å². The summed E-state index contributed by atoms with van der Waals surface area (Å²) in [4.78, 5) is 48.8. The molecular formula is C20H15F3N2O5. The van der Waals surface area contributed by atoms with Crippen molar-refractivity contribution in [1.82, 2.24) is 0 Å². The number of hydrogen-bond donors (Lipinski definition) is 1. The van der Waals surface area contributed by atoms with Crippen LogP contribution in [0.25, 0.3) is 0 Å². The van der Waals surface area contributed by atoms with Crippen LogP contribution in [0.15, 0.2) is 36.4 Å². The number of imide groups is 1. The van der Waals surface area contributed by atoms with Crippen LogP contribution in [0.5, 0.6) is 0 Å². The molecule has 0 unspecified atom stereocenters. The predicted molar refractivity (Wildman–Crippen MR) is 98.0 cm³/mol. The first-order valence-electron chi connectivity index (χ1n) is 8.80. The van der Waals surface area contributed by atoms with Crippen molar-refractivity contribution in [2.24, 2.45) is 0 Å². The number of nitrogens with one attached hydrogen (secondary N) is 1. The van der Waals surface area contributed by atoms with Crippen LogP contribution in [0.2, 0.25) is 0 Å². The number of anilines is 2. The van der Waals surface area contributed by atoms with E-state index in [1.54, 1.807) is 0 Å². The summed E-state index contributed by atoms with van der Waals surface area (Å²) >= 11 is 0. The normalized spacial score (nSPS) is 14.6. The van der Waals surface area contributed by atoms with Crippen molar-refractivity contribution in [3.63, 3.8) is 0 Å². The number of carbonyl (C=O) groups excluding carboxylic acids is 4. The molecule has 0 aliphatic carbocycles. The maximum absolute atomic E-state index is 13.6. The number of carbonyl (C=O) groups is 4. The molecule has 7 nitrogen and oxygen atoms in total. The molecule has 3 rings (SSSR count). The number of rotatable bonds is 5. The Morgan fingerprint density at radius 3 is 2.17 bits per heavy atom. The van der Waals surface area contributed by atoms with Gasteiger partial charge in [-0.15, -0.1) is 0 Å². The Hall–Kier alpha value is -3.69. The summed E-state index contributed by atoms with van der Waals surface area (Å²) in [6.07, 6.45) is -1.15. The number of halogens is 3. The zero-order chi connectivity index (χ0) is 22.0. The van der Waals surface area contributed by atoms with Crippen molar-refractivity contribution in [3.05, 3.63) is 59.4 Å². The molecule has 0 aromatic heterocycles. The van der Waals surface area contributed by atoms with Gasteiger partial charge in [-0.3, -0.25) is 19.3 Å². The van der Waals surface area contributed by atoms with Gasteiger partial charge in [0.25, 0.3) is 5.91 Å². The van der Waals surface area contributed by atoms with Gasteiger partial charge in [0, 0.05) is 12.8 Å². The fourth-order valence-electron chi connectivity index (χ4n) is 2.75. The lowest BCUT2D eigenvalue weighted by molar-refractivity contribution is -0.124. The molecule has 1 N–H and O–H groups in total. The molecule has 0 spiro atoms. The van der Waals surface area contributed by atoms with Gasteiger partial charge < -0.3 is 10.1 Å². The van der Waals surface area contributed by atoms with Gasteiger partial charge in [-0.1, -0.05) is 0 Å². The molecule has 30 heavy (non-hydrogen) atoms. The average molecular weight is 420 g/mol. The van der Waals surface area contributed by atoms with E-state index in [4.69, 9.17) is 4.74 Å². The second-order valence-electron chi connectivity index (χ2n) is 6.43. The quantitative estimate of drug-likeness (QED) is 0.456. The van der Waals surface area contributed by atoms with Crippen molar-refractivity contribution in [3.8, 4) is 0 Å².